The first-order valence-corrected chi connectivity index (χ1v) is 15.2. The highest BCUT2D eigenvalue weighted by Crippen LogP contribution is 2.36. The Labute approximate surface area is 258 Å². The predicted molar refractivity (Wildman–Crippen MR) is 181 cm³/mol. The fourth-order valence-corrected chi connectivity index (χ4v) is 6.36. The number of benzene rings is 4. The molecule has 7 rings (SSSR count). The lowest BCUT2D eigenvalue weighted by Gasteiger charge is -2.14. The smallest absolute Gasteiger partial charge is 0.137 e. The number of nitrogens with zero attached hydrogens (tertiary/aromatic N) is 4. The molecule has 44 heavy (non-hydrogen) atoms. The Bertz CT molecular complexity index is 2170. The maximum atomic E-state index is 6.55. The largest absolute Gasteiger partial charge is 0.457 e. The van der Waals surface area contributed by atoms with E-state index in [-0.39, 0.29) is 0 Å². The average molecular weight is 577 g/mol. The Kier molecular flexibility index (Phi) is 6.81. The third-order valence-corrected chi connectivity index (χ3v) is 8.87. The van der Waals surface area contributed by atoms with E-state index in [0.717, 1.165) is 51.6 Å². The van der Waals surface area contributed by atoms with Crippen molar-refractivity contribution in [2.24, 2.45) is 0 Å². The minimum atomic E-state index is 0.768. The summed E-state index contributed by atoms with van der Waals surface area (Å²) >= 11 is 0. The summed E-state index contributed by atoms with van der Waals surface area (Å²) in [5, 5.41) is 7.13. The van der Waals surface area contributed by atoms with Crippen LogP contribution in [0.1, 0.15) is 40.3 Å². The van der Waals surface area contributed by atoms with Gasteiger partial charge >= 0.3 is 0 Å². The molecule has 3 heterocycles. The van der Waals surface area contributed by atoms with Crippen molar-refractivity contribution in [1.82, 2.24) is 19.3 Å². The van der Waals surface area contributed by atoms with E-state index in [9.17, 15) is 0 Å². The molecule has 0 aliphatic heterocycles. The molecule has 0 aliphatic rings. The fourth-order valence-electron chi connectivity index (χ4n) is 6.36. The number of hydrogen-bond donors (Lipinski definition) is 0. The summed E-state index contributed by atoms with van der Waals surface area (Å²) in [6.45, 7) is 13.0. The van der Waals surface area contributed by atoms with Crippen LogP contribution in [0.2, 0.25) is 0 Å². The first-order valence-electron chi connectivity index (χ1n) is 15.2. The zero-order valence-electron chi connectivity index (χ0n) is 26.1. The molecule has 3 aromatic heterocycles. The van der Waals surface area contributed by atoms with Gasteiger partial charge in [-0.1, -0.05) is 31.2 Å². The molecule has 5 heteroatoms. The van der Waals surface area contributed by atoms with Crippen molar-refractivity contribution in [3.8, 4) is 34.1 Å². The van der Waals surface area contributed by atoms with Gasteiger partial charge in [-0.05, 0) is 122 Å². The number of rotatable bonds is 6. The second-order valence-corrected chi connectivity index (χ2v) is 11.8. The highest BCUT2D eigenvalue weighted by molar-refractivity contribution is 6.09. The second kappa shape index (κ2) is 10.8. The van der Waals surface area contributed by atoms with Crippen LogP contribution in [0.3, 0.4) is 0 Å². The van der Waals surface area contributed by atoms with Gasteiger partial charge in [-0.25, -0.2) is 9.67 Å². The molecular formula is C39H36N4O. The van der Waals surface area contributed by atoms with Crippen molar-refractivity contribution in [2.45, 2.75) is 48.0 Å². The van der Waals surface area contributed by atoms with Crippen molar-refractivity contribution in [2.75, 3.05) is 0 Å². The predicted octanol–water partition coefficient (Wildman–Crippen LogP) is 9.93. The molecule has 0 bridgehead atoms. The monoisotopic (exact) mass is 576 g/mol. The molecule has 0 saturated carbocycles. The molecule has 5 nitrogen and oxygen atoms in total. The topological polar surface area (TPSA) is 44.9 Å². The highest BCUT2D eigenvalue weighted by Gasteiger charge is 2.16. The number of aryl methyl sites for hydroxylation is 4. The fraction of sp³-hybridized carbons (Fsp3) is 0.179. The molecule has 0 atom stereocenters. The zero-order valence-corrected chi connectivity index (χ0v) is 26.1. The van der Waals surface area contributed by atoms with Gasteiger partial charge in [0, 0.05) is 40.9 Å². The average Bonchev–Trinajstić information content (AvgIpc) is 3.63. The molecule has 0 radical (unpaired) electrons. The molecule has 7 aromatic rings. The first-order chi connectivity index (χ1) is 21.3. The number of ether oxygens (including phenoxy) is 1. The lowest BCUT2D eigenvalue weighted by Crippen LogP contribution is -1.99. The van der Waals surface area contributed by atoms with Crippen LogP contribution in [0.25, 0.3) is 44.4 Å². The van der Waals surface area contributed by atoms with Gasteiger partial charge < -0.3 is 4.74 Å². The number of fused-ring (bicyclic) bond motifs is 3. The third-order valence-electron chi connectivity index (χ3n) is 8.87. The Morgan fingerprint density at radius 2 is 1.50 bits per heavy atom. The van der Waals surface area contributed by atoms with Gasteiger partial charge in [0.05, 0.1) is 22.9 Å². The number of pyridine rings is 1. The summed E-state index contributed by atoms with van der Waals surface area (Å²) in [5.41, 5.74) is 13.1. The van der Waals surface area contributed by atoms with Crippen LogP contribution < -0.4 is 4.74 Å². The van der Waals surface area contributed by atoms with Crippen LogP contribution in [-0.2, 0) is 6.42 Å². The second-order valence-electron chi connectivity index (χ2n) is 11.8. The molecule has 218 valence electrons. The van der Waals surface area contributed by atoms with Crippen LogP contribution in [0, 0.1) is 34.6 Å². The number of hydrogen-bond acceptors (Lipinski definition) is 3. The highest BCUT2D eigenvalue weighted by atomic mass is 16.5. The molecular weight excluding hydrogens is 540 g/mol. The van der Waals surface area contributed by atoms with Crippen LogP contribution in [0.5, 0.6) is 11.5 Å². The van der Waals surface area contributed by atoms with E-state index in [1.54, 1.807) is 0 Å². The quantitative estimate of drug-likeness (QED) is 0.198. The van der Waals surface area contributed by atoms with Gasteiger partial charge in [-0.15, -0.1) is 0 Å². The number of para-hydroxylation sites is 1. The van der Waals surface area contributed by atoms with E-state index in [1.165, 1.54) is 44.2 Å². The standard InChI is InChI=1S/C39H36N4O/c1-7-29-14-15-40-38(19-29)43-36-11-9-8-10-34(36)35-13-12-32(21-37(35)43)44-33-17-24(2)16-31(20-33)42-23-30(22-41-42)39-27(5)25(3)18-26(4)28(39)6/h8-23H,7H2,1-6H3. The summed E-state index contributed by atoms with van der Waals surface area (Å²) in [7, 11) is 0. The summed E-state index contributed by atoms with van der Waals surface area (Å²) in [6, 6.07) is 27.6. The Hall–Kier alpha value is -5.16. The van der Waals surface area contributed by atoms with E-state index < -0.39 is 0 Å². The van der Waals surface area contributed by atoms with E-state index in [0.29, 0.717) is 0 Å². The maximum absolute atomic E-state index is 6.55. The van der Waals surface area contributed by atoms with Crippen LogP contribution in [-0.4, -0.2) is 19.3 Å². The van der Waals surface area contributed by atoms with E-state index in [1.807, 2.05) is 17.1 Å². The van der Waals surface area contributed by atoms with E-state index >= 15 is 0 Å². The summed E-state index contributed by atoms with van der Waals surface area (Å²) in [6.07, 6.45) is 6.94. The van der Waals surface area contributed by atoms with Gasteiger partial charge in [0.2, 0.25) is 0 Å². The van der Waals surface area contributed by atoms with Crippen molar-refractivity contribution >= 4 is 21.8 Å². The molecule has 0 amide bonds. The van der Waals surface area contributed by atoms with Gasteiger partial charge in [-0.2, -0.15) is 5.10 Å². The molecule has 0 unspecified atom stereocenters. The van der Waals surface area contributed by atoms with E-state index in [4.69, 9.17) is 14.8 Å². The number of aromatic nitrogens is 4. The Morgan fingerprint density at radius 1 is 0.727 bits per heavy atom. The lowest BCUT2D eigenvalue weighted by molar-refractivity contribution is 0.482. The SMILES string of the molecule is CCc1ccnc(-n2c3ccccc3c3ccc(Oc4cc(C)cc(-n5cc(-c6c(C)c(C)cc(C)c6C)cn5)c4)cc32)c1. The van der Waals surface area contributed by atoms with Crippen molar-refractivity contribution in [1.29, 1.82) is 0 Å². The summed E-state index contributed by atoms with van der Waals surface area (Å²) in [5.74, 6) is 2.45. The van der Waals surface area contributed by atoms with Gasteiger partial charge in [0.25, 0.3) is 0 Å². The minimum absolute atomic E-state index is 0.768. The van der Waals surface area contributed by atoms with Gasteiger partial charge in [0.1, 0.15) is 17.3 Å². The van der Waals surface area contributed by atoms with Gasteiger partial charge in [0.15, 0.2) is 0 Å². The molecule has 0 fully saturated rings. The summed E-state index contributed by atoms with van der Waals surface area (Å²) in [4.78, 5) is 4.76. The van der Waals surface area contributed by atoms with Crippen LogP contribution in [0.15, 0.2) is 97.5 Å². The Morgan fingerprint density at radius 3 is 2.30 bits per heavy atom. The Balaban J connectivity index is 1.28. The van der Waals surface area contributed by atoms with Crippen molar-refractivity contribution in [3.05, 3.63) is 131 Å². The maximum Gasteiger partial charge on any atom is 0.137 e. The molecule has 0 spiro atoms. The first kappa shape index (κ1) is 27.7. The van der Waals surface area contributed by atoms with Gasteiger partial charge in [-0.3, -0.25) is 4.57 Å². The van der Waals surface area contributed by atoms with Crippen molar-refractivity contribution < 1.29 is 4.74 Å². The normalized spacial score (nSPS) is 11.5. The van der Waals surface area contributed by atoms with Crippen LogP contribution in [0.4, 0.5) is 0 Å². The lowest BCUT2D eigenvalue weighted by atomic mass is 9.91. The molecule has 0 saturated heterocycles. The molecule has 0 N–H and O–H groups in total. The van der Waals surface area contributed by atoms with Crippen molar-refractivity contribution in [3.63, 3.8) is 0 Å². The molecule has 0 aliphatic carbocycles. The zero-order chi connectivity index (χ0) is 30.5. The van der Waals surface area contributed by atoms with Crippen LogP contribution >= 0.6 is 0 Å². The summed E-state index contributed by atoms with van der Waals surface area (Å²) < 4.78 is 10.7. The molecule has 4 aromatic carbocycles. The third kappa shape index (κ3) is 4.75. The van der Waals surface area contributed by atoms with E-state index in [2.05, 4.69) is 131 Å². The minimum Gasteiger partial charge on any atom is -0.457 e.